The molecule has 0 N–H and O–H groups in total. The Labute approximate surface area is 115 Å². The van der Waals surface area contributed by atoms with Gasteiger partial charge in [0.1, 0.15) is 0 Å². The number of carbonyl (C=O) groups is 1. The normalized spacial score (nSPS) is 24.6. The molecular weight excluding hydrogens is 232 g/mol. The van der Waals surface area contributed by atoms with Crippen molar-refractivity contribution in [3.63, 3.8) is 0 Å². The van der Waals surface area contributed by atoms with Gasteiger partial charge < -0.3 is 0 Å². The quantitative estimate of drug-likeness (QED) is 0.755. The van der Waals surface area contributed by atoms with Gasteiger partial charge in [0, 0.05) is 5.56 Å². The zero-order valence-electron chi connectivity index (χ0n) is 11.9. The molecule has 0 bridgehead atoms. The Hall–Kier alpha value is -1.63. The van der Waals surface area contributed by atoms with Crippen molar-refractivity contribution < 1.29 is 4.79 Å². The first kappa shape index (κ1) is 12.4. The number of unbranched alkanes of at least 4 members (excludes halogenated alkanes) is 1. The highest BCUT2D eigenvalue weighted by atomic mass is 16.1. The maximum absolute atomic E-state index is 12.7. The molecule has 0 saturated heterocycles. The third kappa shape index (κ3) is 1.57. The first-order valence-electron chi connectivity index (χ1n) is 7.17. The molecule has 1 heteroatoms. The van der Waals surface area contributed by atoms with E-state index in [0.717, 1.165) is 17.5 Å². The molecule has 19 heavy (non-hydrogen) atoms. The molecule has 0 heterocycles. The van der Waals surface area contributed by atoms with Gasteiger partial charge in [0.05, 0.1) is 5.41 Å². The van der Waals surface area contributed by atoms with Gasteiger partial charge in [0.25, 0.3) is 0 Å². The summed E-state index contributed by atoms with van der Waals surface area (Å²) in [6, 6.07) is 8.04. The van der Waals surface area contributed by atoms with Crippen LogP contribution < -0.4 is 0 Å². The van der Waals surface area contributed by atoms with Crippen molar-refractivity contribution in [3.05, 3.63) is 52.6 Å². The van der Waals surface area contributed by atoms with Crippen molar-refractivity contribution >= 4 is 11.4 Å². The Morgan fingerprint density at radius 1 is 1.16 bits per heavy atom. The second-order valence-corrected chi connectivity index (χ2v) is 5.85. The fourth-order valence-corrected chi connectivity index (χ4v) is 3.55. The van der Waals surface area contributed by atoms with Gasteiger partial charge >= 0.3 is 0 Å². The summed E-state index contributed by atoms with van der Waals surface area (Å²) in [7, 11) is 0. The second kappa shape index (κ2) is 4.19. The van der Waals surface area contributed by atoms with Crippen LogP contribution in [0.4, 0.5) is 0 Å². The van der Waals surface area contributed by atoms with Crippen LogP contribution in [-0.4, -0.2) is 5.78 Å². The minimum Gasteiger partial charge on any atom is -0.293 e. The Morgan fingerprint density at radius 3 is 2.53 bits per heavy atom. The van der Waals surface area contributed by atoms with Crippen LogP contribution in [0.15, 0.2) is 41.5 Å². The van der Waals surface area contributed by atoms with E-state index in [9.17, 15) is 4.79 Å². The number of carbonyl (C=O) groups excluding carboxylic acids is 1. The van der Waals surface area contributed by atoms with Gasteiger partial charge in [-0.15, -0.1) is 0 Å². The number of allylic oxidation sites excluding steroid dienone is 4. The van der Waals surface area contributed by atoms with Crippen molar-refractivity contribution in [2.75, 3.05) is 0 Å². The lowest BCUT2D eigenvalue weighted by atomic mass is 9.84. The average molecular weight is 252 g/mol. The Balaban J connectivity index is 2.14. The third-order valence-corrected chi connectivity index (χ3v) is 4.55. The summed E-state index contributed by atoms with van der Waals surface area (Å²) in [5, 5.41) is 0. The zero-order chi connectivity index (χ0) is 13.6. The Morgan fingerprint density at radius 2 is 1.84 bits per heavy atom. The lowest BCUT2D eigenvalue weighted by molar-refractivity contribution is 0.0926. The summed E-state index contributed by atoms with van der Waals surface area (Å²) < 4.78 is 0. The van der Waals surface area contributed by atoms with E-state index < -0.39 is 5.41 Å². The molecular formula is C18H20O. The molecule has 2 aliphatic carbocycles. The van der Waals surface area contributed by atoms with E-state index in [2.05, 4.69) is 32.9 Å². The van der Waals surface area contributed by atoms with Crippen molar-refractivity contribution in [1.29, 1.82) is 0 Å². The van der Waals surface area contributed by atoms with Gasteiger partial charge in [0.2, 0.25) is 0 Å². The molecule has 0 aliphatic heterocycles. The highest BCUT2D eigenvalue weighted by molar-refractivity contribution is 6.20. The zero-order valence-corrected chi connectivity index (χ0v) is 11.9. The lowest BCUT2D eigenvalue weighted by Crippen LogP contribution is -2.18. The van der Waals surface area contributed by atoms with Gasteiger partial charge in [-0.25, -0.2) is 0 Å². The smallest absolute Gasteiger partial charge is 0.177 e. The molecule has 0 saturated carbocycles. The molecule has 1 nitrogen and oxygen atoms in total. The number of fused-ring (bicyclic) bond motifs is 3. The highest BCUT2D eigenvalue weighted by Gasteiger charge is 2.48. The monoisotopic (exact) mass is 252 g/mol. The maximum Gasteiger partial charge on any atom is 0.177 e. The molecule has 2 aliphatic rings. The summed E-state index contributed by atoms with van der Waals surface area (Å²) in [6.45, 7) is 6.46. The number of hydrogen-bond donors (Lipinski definition) is 0. The minimum absolute atomic E-state index is 0.268. The number of ketones is 1. The SMILES string of the molecule is CCCCC1=CC2(C)C(=O)c3ccccc3C2=C1C. The molecule has 0 spiro atoms. The number of Topliss-reactive ketones (excluding diaryl/α,β-unsaturated/α-hetero) is 1. The van der Waals surface area contributed by atoms with Gasteiger partial charge in [-0.2, -0.15) is 0 Å². The predicted octanol–water partition coefficient (Wildman–Crippen LogP) is 4.79. The molecule has 1 unspecified atom stereocenters. The van der Waals surface area contributed by atoms with E-state index >= 15 is 0 Å². The van der Waals surface area contributed by atoms with E-state index in [-0.39, 0.29) is 5.78 Å². The Bertz CT molecular complexity index is 618. The van der Waals surface area contributed by atoms with Gasteiger partial charge in [-0.1, -0.05) is 43.7 Å². The van der Waals surface area contributed by atoms with Gasteiger partial charge in [0.15, 0.2) is 5.78 Å². The molecule has 1 atom stereocenters. The number of benzene rings is 1. The first-order chi connectivity index (χ1) is 9.09. The highest BCUT2D eigenvalue weighted by Crippen LogP contribution is 2.54. The third-order valence-electron chi connectivity index (χ3n) is 4.55. The number of hydrogen-bond acceptors (Lipinski definition) is 1. The van der Waals surface area contributed by atoms with E-state index in [0.29, 0.717) is 0 Å². The number of rotatable bonds is 3. The first-order valence-corrected chi connectivity index (χ1v) is 7.17. The van der Waals surface area contributed by atoms with Crippen LogP contribution in [0.2, 0.25) is 0 Å². The van der Waals surface area contributed by atoms with Crippen molar-refractivity contribution in [3.8, 4) is 0 Å². The standard InChI is InChI=1S/C18H20O/c1-4-5-8-13-11-18(3)16(12(13)2)14-9-6-7-10-15(14)17(18)19/h6-7,9-11H,4-5,8H2,1-3H3. The van der Waals surface area contributed by atoms with E-state index in [1.54, 1.807) is 0 Å². The summed E-state index contributed by atoms with van der Waals surface area (Å²) in [4.78, 5) is 12.7. The van der Waals surface area contributed by atoms with Crippen LogP contribution >= 0.6 is 0 Å². The topological polar surface area (TPSA) is 17.1 Å². The molecule has 0 aromatic heterocycles. The van der Waals surface area contributed by atoms with Crippen LogP contribution in [0.1, 0.15) is 56.0 Å². The summed E-state index contributed by atoms with van der Waals surface area (Å²) in [6.07, 6.45) is 5.70. The molecule has 0 fully saturated rings. The molecule has 0 amide bonds. The van der Waals surface area contributed by atoms with Crippen molar-refractivity contribution in [2.45, 2.75) is 40.0 Å². The fourth-order valence-electron chi connectivity index (χ4n) is 3.55. The van der Waals surface area contributed by atoms with Crippen LogP contribution in [0.25, 0.3) is 5.57 Å². The largest absolute Gasteiger partial charge is 0.293 e. The lowest BCUT2D eigenvalue weighted by Gasteiger charge is -2.16. The predicted molar refractivity (Wildman–Crippen MR) is 79.1 cm³/mol. The van der Waals surface area contributed by atoms with Gasteiger partial charge in [-0.3, -0.25) is 4.79 Å². The van der Waals surface area contributed by atoms with Crippen LogP contribution in [0, 0.1) is 5.41 Å². The minimum atomic E-state index is -0.406. The summed E-state index contributed by atoms with van der Waals surface area (Å²) >= 11 is 0. The van der Waals surface area contributed by atoms with Crippen molar-refractivity contribution in [2.24, 2.45) is 5.41 Å². The summed E-state index contributed by atoms with van der Waals surface area (Å²) in [5.74, 6) is 0.268. The van der Waals surface area contributed by atoms with Crippen LogP contribution in [-0.2, 0) is 0 Å². The molecule has 98 valence electrons. The molecule has 1 aromatic carbocycles. The van der Waals surface area contributed by atoms with Crippen LogP contribution in [0.3, 0.4) is 0 Å². The van der Waals surface area contributed by atoms with E-state index in [1.807, 2.05) is 18.2 Å². The van der Waals surface area contributed by atoms with E-state index in [4.69, 9.17) is 0 Å². The molecule has 0 radical (unpaired) electrons. The molecule has 1 aromatic rings. The Kier molecular flexibility index (Phi) is 2.74. The van der Waals surface area contributed by atoms with Crippen LogP contribution in [0.5, 0.6) is 0 Å². The second-order valence-electron chi connectivity index (χ2n) is 5.85. The maximum atomic E-state index is 12.7. The average Bonchev–Trinajstić information content (AvgIpc) is 2.79. The van der Waals surface area contributed by atoms with Crippen molar-refractivity contribution in [1.82, 2.24) is 0 Å². The fraction of sp³-hybridized carbons (Fsp3) is 0.389. The van der Waals surface area contributed by atoms with Gasteiger partial charge in [-0.05, 0) is 49.0 Å². The summed E-state index contributed by atoms with van der Waals surface area (Å²) in [5.41, 5.74) is 5.59. The molecule has 3 rings (SSSR count). The van der Waals surface area contributed by atoms with E-state index in [1.165, 1.54) is 29.6 Å².